The van der Waals surface area contributed by atoms with E-state index in [9.17, 15) is 13.2 Å². The van der Waals surface area contributed by atoms with E-state index in [2.05, 4.69) is 9.62 Å². The molecule has 1 aliphatic rings. The van der Waals surface area contributed by atoms with Gasteiger partial charge in [0.05, 0.1) is 15.1 Å². The summed E-state index contributed by atoms with van der Waals surface area (Å²) in [6, 6.07) is 4.94. The summed E-state index contributed by atoms with van der Waals surface area (Å²) in [5, 5.41) is 0. The number of aromatic nitrogens is 1. The lowest BCUT2D eigenvalue weighted by molar-refractivity contribution is 0.227. The molecule has 8 heteroatoms. The zero-order valence-electron chi connectivity index (χ0n) is 15.2. The number of piperidine rings is 1. The number of fused-ring (bicyclic) bond motifs is 1. The average molecular weight is 398 g/mol. The Bertz CT molecular complexity index is 896. The second-order valence-corrected chi connectivity index (χ2v) is 9.56. The summed E-state index contributed by atoms with van der Waals surface area (Å²) >= 11 is 1.10. The molecule has 1 saturated heterocycles. The van der Waals surface area contributed by atoms with E-state index in [-0.39, 0.29) is 9.77 Å². The van der Waals surface area contributed by atoms with Crippen LogP contribution >= 0.6 is 11.3 Å². The first-order chi connectivity index (χ1) is 12.5. The Balaban J connectivity index is 1.64. The highest BCUT2D eigenvalue weighted by molar-refractivity contribution is 7.89. The monoisotopic (exact) mass is 397 g/mol. The van der Waals surface area contributed by atoms with Crippen molar-refractivity contribution in [3.8, 4) is 0 Å². The predicted octanol–water partition coefficient (Wildman–Crippen LogP) is 2.63. The van der Waals surface area contributed by atoms with Gasteiger partial charge in [-0.3, -0.25) is 9.36 Å². The molecule has 1 fully saturated rings. The van der Waals surface area contributed by atoms with Crippen molar-refractivity contribution in [2.45, 2.75) is 50.5 Å². The topological polar surface area (TPSA) is 71.4 Å². The van der Waals surface area contributed by atoms with Gasteiger partial charge in [0, 0.05) is 13.1 Å². The summed E-state index contributed by atoms with van der Waals surface area (Å²) in [6.45, 7) is 6.28. The van der Waals surface area contributed by atoms with Gasteiger partial charge < -0.3 is 4.90 Å². The lowest BCUT2D eigenvalue weighted by Crippen LogP contribution is -2.33. The minimum atomic E-state index is -3.54. The SMILES string of the molecule is CCCn1c(=O)sc2cc(S(=O)(=O)NCCCN3CCCCC3)ccc21. The number of nitrogens with zero attached hydrogens (tertiary/aromatic N) is 2. The van der Waals surface area contributed by atoms with E-state index in [1.54, 1.807) is 22.8 Å². The largest absolute Gasteiger partial charge is 0.308 e. The maximum Gasteiger partial charge on any atom is 0.308 e. The number of thiazole rings is 1. The van der Waals surface area contributed by atoms with Gasteiger partial charge in [0.25, 0.3) is 0 Å². The van der Waals surface area contributed by atoms with Crippen LogP contribution in [0.3, 0.4) is 0 Å². The van der Waals surface area contributed by atoms with Gasteiger partial charge in [-0.2, -0.15) is 0 Å². The van der Waals surface area contributed by atoms with E-state index in [1.165, 1.54) is 19.3 Å². The zero-order valence-corrected chi connectivity index (χ0v) is 16.9. The van der Waals surface area contributed by atoms with Crippen molar-refractivity contribution in [3.05, 3.63) is 27.9 Å². The molecule has 0 atom stereocenters. The van der Waals surface area contributed by atoms with E-state index >= 15 is 0 Å². The van der Waals surface area contributed by atoms with E-state index in [0.717, 1.165) is 54.0 Å². The van der Waals surface area contributed by atoms with Gasteiger partial charge in [0.2, 0.25) is 10.0 Å². The zero-order chi connectivity index (χ0) is 18.6. The van der Waals surface area contributed by atoms with Crippen molar-refractivity contribution in [1.29, 1.82) is 0 Å². The Morgan fingerprint density at radius 1 is 1.15 bits per heavy atom. The Morgan fingerprint density at radius 3 is 2.65 bits per heavy atom. The Kier molecular flexibility index (Phi) is 6.50. The maximum atomic E-state index is 12.5. The lowest BCUT2D eigenvalue weighted by Gasteiger charge is -2.26. The van der Waals surface area contributed by atoms with Crippen molar-refractivity contribution in [2.24, 2.45) is 0 Å². The van der Waals surface area contributed by atoms with Gasteiger partial charge in [0.1, 0.15) is 0 Å². The fraction of sp³-hybridized carbons (Fsp3) is 0.611. The van der Waals surface area contributed by atoms with Crippen LogP contribution in [0.4, 0.5) is 0 Å². The molecule has 0 amide bonds. The number of likely N-dealkylation sites (tertiary alicyclic amines) is 1. The molecule has 1 aromatic carbocycles. The van der Waals surface area contributed by atoms with Crippen LogP contribution in [-0.4, -0.2) is 44.1 Å². The summed E-state index contributed by atoms with van der Waals surface area (Å²) in [5.41, 5.74) is 0.811. The van der Waals surface area contributed by atoms with Crippen LogP contribution in [0, 0.1) is 0 Å². The standard InChI is InChI=1S/C18H27N3O3S2/c1-2-10-21-16-8-7-15(14-17(16)25-18(21)22)26(23,24)19-9-6-13-20-11-4-3-5-12-20/h7-8,14,19H,2-6,9-13H2,1H3. The molecule has 0 unspecified atom stereocenters. The molecule has 0 radical (unpaired) electrons. The highest BCUT2D eigenvalue weighted by Crippen LogP contribution is 2.22. The van der Waals surface area contributed by atoms with Gasteiger partial charge in [-0.05, 0) is 63.5 Å². The van der Waals surface area contributed by atoms with Crippen LogP contribution in [-0.2, 0) is 16.6 Å². The highest BCUT2D eigenvalue weighted by Gasteiger charge is 2.17. The average Bonchev–Trinajstić information content (AvgIpc) is 2.95. The van der Waals surface area contributed by atoms with Crippen LogP contribution in [0.1, 0.15) is 39.0 Å². The molecule has 1 aliphatic heterocycles. The second kappa shape index (κ2) is 8.65. The molecular formula is C18H27N3O3S2. The first-order valence-electron chi connectivity index (χ1n) is 9.36. The molecule has 2 heterocycles. The number of benzene rings is 1. The fourth-order valence-electron chi connectivity index (χ4n) is 3.42. The predicted molar refractivity (Wildman–Crippen MR) is 106 cm³/mol. The summed E-state index contributed by atoms with van der Waals surface area (Å²) in [7, 11) is -3.54. The molecule has 6 nitrogen and oxygen atoms in total. The van der Waals surface area contributed by atoms with Crippen LogP contribution in [0.5, 0.6) is 0 Å². The first kappa shape index (κ1) is 19.5. The van der Waals surface area contributed by atoms with E-state index in [4.69, 9.17) is 0 Å². The summed E-state index contributed by atoms with van der Waals surface area (Å²) in [6.07, 6.45) is 5.46. The van der Waals surface area contributed by atoms with Gasteiger partial charge in [-0.25, -0.2) is 13.1 Å². The number of sulfonamides is 1. The van der Waals surface area contributed by atoms with Gasteiger partial charge in [-0.1, -0.05) is 24.7 Å². The minimum Gasteiger partial charge on any atom is -0.303 e. The van der Waals surface area contributed by atoms with Crippen LogP contribution in [0.2, 0.25) is 0 Å². The van der Waals surface area contributed by atoms with Crippen molar-refractivity contribution < 1.29 is 8.42 Å². The minimum absolute atomic E-state index is 0.0362. The van der Waals surface area contributed by atoms with Gasteiger partial charge in [0.15, 0.2) is 0 Å². The van der Waals surface area contributed by atoms with Crippen LogP contribution in [0.15, 0.2) is 27.9 Å². The molecule has 2 aromatic rings. The lowest BCUT2D eigenvalue weighted by atomic mass is 10.1. The quantitative estimate of drug-likeness (QED) is 0.695. The van der Waals surface area contributed by atoms with E-state index in [1.807, 2.05) is 6.92 Å². The molecule has 26 heavy (non-hydrogen) atoms. The number of aryl methyl sites for hydroxylation is 1. The fourth-order valence-corrected chi connectivity index (χ4v) is 5.56. The maximum absolute atomic E-state index is 12.5. The Morgan fingerprint density at radius 2 is 1.92 bits per heavy atom. The van der Waals surface area contributed by atoms with Crippen LogP contribution < -0.4 is 9.60 Å². The molecule has 3 rings (SSSR count). The van der Waals surface area contributed by atoms with Gasteiger partial charge >= 0.3 is 4.87 Å². The molecule has 0 spiro atoms. The Labute approximate surface area is 158 Å². The number of hydrogen-bond acceptors (Lipinski definition) is 5. The summed E-state index contributed by atoms with van der Waals surface area (Å²) < 4.78 is 30.2. The third-order valence-electron chi connectivity index (χ3n) is 4.79. The summed E-state index contributed by atoms with van der Waals surface area (Å²) in [5.74, 6) is 0. The number of hydrogen-bond donors (Lipinski definition) is 1. The smallest absolute Gasteiger partial charge is 0.303 e. The van der Waals surface area contributed by atoms with Crippen molar-refractivity contribution >= 4 is 31.6 Å². The number of rotatable bonds is 8. The normalized spacial score (nSPS) is 16.3. The third kappa shape index (κ3) is 4.54. The van der Waals surface area contributed by atoms with Crippen molar-refractivity contribution in [1.82, 2.24) is 14.2 Å². The van der Waals surface area contributed by atoms with E-state index < -0.39 is 10.0 Å². The third-order valence-corrected chi connectivity index (χ3v) is 7.19. The molecule has 0 saturated carbocycles. The molecule has 144 valence electrons. The van der Waals surface area contributed by atoms with Gasteiger partial charge in [-0.15, -0.1) is 0 Å². The highest BCUT2D eigenvalue weighted by atomic mass is 32.2. The number of nitrogens with one attached hydrogen (secondary N) is 1. The van der Waals surface area contributed by atoms with E-state index in [0.29, 0.717) is 13.1 Å². The van der Waals surface area contributed by atoms with Crippen molar-refractivity contribution in [2.75, 3.05) is 26.2 Å². The molecular weight excluding hydrogens is 370 g/mol. The molecule has 1 N–H and O–H groups in total. The van der Waals surface area contributed by atoms with Crippen LogP contribution in [0.25, 0.3) is 10.2 Å². The summed E-state index contributed by atoms with van der Waals surface area (Å²) in [4.78, 5) is 14.7. The molecule has 1 aromatic heterocycles. The second-order valence-electron chi connectivity index (χ2n) is 6.80. The van der Waals surface area contributed by atoms with Crippen molar-refractivity contribution in [3.63, 3.8) is 0 Å². The first-order valence-corrected chi connectivity index (χ1v) is 11.7. The molecule has 0 bridgehead atoms. The molecule has 0 aliphatic carbocycles. The Hall–Kier alpha value is -1.22.